The van der Waals surface area contributed by atoms with Crippen molar-refractivity contribution >= 4 is 0 Å². The zero-order valence-corrected chi connectivity index (χ0v) is 20.3. The van der Waals surface area contributed by atoms with Crippen molar-refractivity contribution in [3.63, 3.8) is 0 Å². The maximum Gasteiger partial charge on any atom is 0.150 e. The van der Waals surface area contributed by atoms with Crippen LogP contribution in [0, 0.1) is 12.3 Å². The molecule has 0 amide bonds. The molecule has 0 N–H and O–H groups in total. The molecule has 5 heteroatoms. The molecule has 186 valence electrons. The molecule has 0 unspecified atom stereocenters. The fraction of sp³-hybridized carbons (Fsp3) is 0.290. The standard InChI is InChI=1S/C31H32O5/c1-2-18-32-22-28-23-34-29(24-33-19-25-12-6-3-7-13-25)31(36-21-27-16-10-5-11-17-27)30(28)35-20-26-14-8-4-9-15-26/h1,3-17,23,29-31H,18-22,24H2/t29-,30-,31+/m1/s1. The lowest BCUT2D eigenvalue weighted by Crippen LogP contribution is -2.48. The molecule has 0 fully saturated rings. The van der Waals surface area contributed by atoms with E-state index < -0.39 is 6.10 Å². The molecule has 3 aromatic rings. The molecule has 0 radical (unpaired) electrons. The molecule has 0 aliphatic carbocycles. The van der Waals surface area contributed by atoms with Gasteiger partial charge in [-0.3, -0.25) is 0 Å². The Morgan fingerprint density at radius 1 is 0.667 bits per heavy atom. The number of hydrogen-bond acceptors (Lipinski definition) is 5. The molecular formula is C31H32O5. The van der Waals surface area contributed by atoms with Crippen molar-refractivity contribution in [1.29, 1.82) is 0 Å². The summed E-state index contributed by atoms with van der Waals surface area (Å²) < 4.78 is 30.7. The Kier molecular flexibility index (Phi) is 10.2. The summed E-state index contributed by atoms with van der Waals surface area (Å²) >= 11 is 0. The third-order valence-corrected chi connectivity index (χ3v) is 5.83. The number of hydrogen-bond donors (Lipinski definition) is 0. The zero-order chi connectivity index (χ0) is 24.8. The number of terminal acetylenes is 1. The van der Waals surface area contributed by atoms with Crippen LogP contribution in [0.3, 0.4) is 0 Å². The molecule has 3 atom stereocenters. The maximum atomic E-state index is 6.46. The van der Waals surface area contributed by atoms with E-state index in [0.717, 1.165) is 22.3 Å². The zero-order valence-electron chi connectivity index (χ0n) is 20.3. The van der Waals surface area contributed by atoms with Gasteiger partial charge >= 0.3 is 0 Å². The highest BCUT2D eigenvalue weighted by Gasteiger charge is 2.39. The molecule has 5 nitrogen and oxygen atoms in total. The Morgan fingerprint density at radius 3 is 1.81 bits per heavy atom. The smallest absolute Gasteiger partial charge is 0.150 e. The Hall–Kier alpha value is -3.40. The van der Waals surface area contributed by atoms with Gasteiger partial charge in [0.15, 0.2) is 0 Å². The van der Waals surface area contributed by atoms with E-state index in [9.17, 15) is 0 Å². The van der Waals surface area contributed by atoms with Crippen molar-refractivity contribution in [1.82, 2.24) is 0 Å². The highest BCUT2D eigenvalue weighted by atomic mass is 16.6. The van der Waals surface area contributed by atoms with Crippen LogP contribution in [0.5, 0.6) is 0 Å². The van der Waals surface area contributed by atoms with E-state index in [-0.39, 0.29) is 18.8 Å². The minimum atomic E-state index is -0.404. The predicted octanol–water partition coefficient (Wildman–Crippen LogP) is 5.31. The highest BCUT2D eigenvalue weighted by Crippen LogP contribution is 2.27. The lowest BCUT2D eigenvalue weighted by Gasteiger charge is -2.38. The van der Waals surface area contributed by atoms with Gasteiger partial charge in [-0.25, -0.2) is 0 Å². The van der Waals surface area contributed by atoms with E-state index in [0.29, 0.717) is 33.0 Å². The quantitative estimate of drug-likeness (QED) is 0.243. The second-order valence-corrected chi connectivity index (χ2v) is 8.54. The summed E-state index contributed by atoms with van der Waals surface area (Å²) in [6, 6.07) is 30.2. The second-order valence-electron chi connectivity index (χ2n) is 8.54. The molecule has 4 rings (SSSR count). The van der Waals surface area contributed by atoms with E-state index in [1.54, 1.807) is 6.26 Å². The molecule has 0 aromatic heterocycles. The topological polar surface area (TPSA) is 46.2 Å². The van der Waals surface area contributed by atoms with Crippen LogP contribution in [0.2, 0.25) is 0 Å². The maximum absolute atomic E-state index is 6.46. The Labute approximate surface area is 213 Å². The largest absolute Gasteiger partial charge is 0.493 e. The SMILES string of the molecule is C#CCOCC1=CO[C@H](COCc2ccccc2)[C@H](OCc2ccccc2)[C@@H]1OCc1ccccc1. The number of benzene rings is 3. The monoisotopic (exact) mass is 484 g/mol. The molecule has 36 heavy (non-hydrogen) atoms. The van der Waals surface area contributed by atoms with Gasteiger partial charge in [-0.15, -0.1) is 6.42 Å². The summed E-state index contributed by atoms with van der Waals surface area (Å²) in [5, 5.41) is 0. The van der Waals surface area contributed by atoms with Crippen LogP contribution in [0.15, 0.2) is 103 Å². The Bertz CT molecular complexity index is 1090. The Morgan fingerprint density at radius 2 is 1.22 bits per heavy atom. The molecular weight excluding hydrogens is 452 g/mol. The first-order valence-electron chi connectivity index (χ1n) is 12.1. The molecule has 0 spiro atoms. The molecule has 1 aliphatic heterocycles. The summed E-state index contributed by atoms with van der Waals surface area (Å²) in [4.78, 5) is 0. The number of rotatable bonds is 13. The summed E-state index contributed by atoms with van der Waals surface area (Å²) in [6.07, 6.45) is 5.95. The van der Waals surface area contributed by atoms with Gasteiger partial charge in [0.25, 0.3) is 0 Å². The van der Waals surface area contributed by atoms with Crippen LogP contribution < -0.4 is 0 Å². The first-order chi connectivity index (χ1) is 17.8. The van der Waals surface area contributed by atoms with E-state index in [4.69, 9.17) is 30.1 Å². The van der Waals surface area contributed by atoms with E-state index >= 15 is 0 Å². The van der Waals surface area contributed by atoms with Crippen LogP contribution in [0.25, 0.3) is 0 Å². The fourth-order valence-corrected chi connectivity index (χ4v) is 3.99. The van der Waals surface area contributed by atoms with Gasteiger partial charge < -0.3 is 23.7 Å². The van der Waals surface area contributed by atoms with Crippen LogP contribution in [0.4, 0.5) is 0 Å². The van der Waals surface area contributed by atoms with Crippen molar-refractivity contribution in [2.24, 2.45) is 0 Å². The fourth-order valence-electron chi connectivity index (χ4n) is 3.99. The number of ether oxygens (including phenoxy) is 5. The average Bonchev–Trinajstić information content (AvgIpc) is 2.93. The van der Waals surface area contributed by atoms with Gasteiger partial charge in [-0.1, -0.05) is 96.9 Å². The normalized spacial score (nSPS) is 19.2. The minimum absolute atomic E-state index is 0.210. The molecule has 3 aromatic carbocycles. The van der Waals surface area contributed by atoms with Crippen molar-refractivity contribution in [3.05, 3.63) is 120 Å². The molecule has 0 saturated heterocycles. The van der Waals surface area contributed by atoms with E-state index in [1.807, 2.05) is 91.0 Å². The highest BCUT2D eigenvalue weighted by molar-refractivity contribution is 5.18. The van der Waals surface area contributed by atoms with Crippen molar-refractivity contribution in [2.75, 3.05) is 19.8 Å². The third kappa shape index (κ3) is 7.81. The van der Waals surface area contributed by atoms with E-state index in [1.165, 1.54) is 0 Å². The van der Waals surface area contributed by atoms with Crippen LogP contribution in [0.1, 0.15) is 16.7 Å². The van der Waals surface area contributed by atoms with E-state index in [2.05, 4.69) is 5.92 Å². The van der Waals surface area contributed by atoms with Crippen LogP contribution >= 0.6 is 0 Å². The third-order valence-electron chi connectivity index (χ3n) is 5.83. The first-order valence-corrected chi connectivity index (χ1v) is 12.1. The predicted molar refractivity (Wildman–Crippen MR) is 139 cm³/mol. The average molecular weight is 485 g/mol. The molecule has 0 saturated carbocycles. The van der Waals surface area contributed by atoms with Crippen LogP contribution in [-0.4, -0.2) is 38.1 Å². The molecule has 1 heterocycles. The van der Waals surface area contributed by atoms with Gasteiger partial charge in [0.2, 0.25) is 0 Å². The van der Waals surface area contributed by atoms with Crippen molar-refractivity contribution in [2.45, 2.75) is 38.1 Å². The van der Waals surface area contributed by atoms with Gasteiger partial charge in [0, 0.05) is 5.57 Å². The summed E-state index contributed by atoms with van der Waals surface area (Å²) in [5.41, 5.74) is 4.10. The molecule has 0 bridgehead atoms. The lowest BCUT2D eigenvalue weighted by atomic mass is 9.98. The van der Waals surface area contributed by atoms with Gasteiger partial charge in [0.05, 0.1) is 39.3 Å². The second kappa shape index (κ2) is 14.2. The van der Waals surface area contributed by atoms with Crippen molar-refractivity contribution in [3.8, 4) is 12.3 Å². The van der Waals surface area contributed by atoms with Gasteiger partial charge in [-0.05, 0) is 16.7 Å². The van der Waals surface area contributed by atoms with Gasteiger partial charge in [-0.2, -0.15) is 0 Å². The van der Waals surface area contributed by atoms with Crippen LogP contribution in [-0.2, 0) is 43.5 Å². The van der Waals surface area contributed by atoms with Gasteiger partial charge in [0.1, 0.15) is 24.9 Å². The minimum Gasteiger partial charge on any atom is -0.493 e. The summed E-state index contributed by atoms with van der Waals surface area (Å²) in [7, 11) is 0. The lowest BCUT2D eigenvalue weighted by molar-refractivity contribution is -0.154. The summed E-state index contributed by atoms with van der Waals surface area (Å²) in [6.45, 7) is 2.21. The first kappa shape index (κ1) is 25.7. The summed E-state index contributed by atoms with van der Waals surface area (Å²) in [5.74, 6) is 2.51. The molecule has 1 aliphatic rings. The van der Waals surface area contributed by atoms with Crippen molar-refractivity contribution < 1.29 is 23.7 Å². The Balaban J connectivity index is 1.50.